The van der Waals surface area contributed by atoms with Crippen molar-refractivity contribution in [3.05, 3.63) is 35.8 Å². The second-order valence-electron chi connectivity index (χ2n) is 4.40. The number of nitrogens with zero attached hydrogens (tertiary/aromatic N) is 2. The Hall–Kier alpha value is -1.84. The molecule has 16 heavy (non-hydrogen) atoms. The molecule has 2 aromatic heterocycles. The Morgan fingerprint density at radius 1 is 1.56 bits per heavy atom. The molecule has 0 spiro atoms. The van der Waals surface area contributed by atoms with E-state index in [-0.39, 0.29) is 11.8 Å². The van der Waals surface area contributed by atoms with Gasteiger partial charge in [0.2, 0.25) is 0 Å². The molecule has 1 fully saturated rings. The van der Waals surface area contributed by atoms with Crippen LogP contribution in [0, 0.1) is 12.8 Å². The highest BCUT2D eigenvalue weighted by atomic mass is 16.4. The van der Waals surface area contributed by atoms with Crippen LogP contribution in [0.4, 0.5) is 0 Å². The van der Waals surface area contributed by atoms with Crippen LogP contribution in [0.3, 0.4) is 0 Å². The van der Waals surface area contributed by atoms with Gasteiger partial charge in [0, 0.05) is 24.0 Å². The summed E-state index contributed by atoms with van der Waals surface area (Å²) in [5.41, 5.74) is 3.06. The van der Waals surface area contributed by atoms with E-state index < -0.39 is 5.97 Å². The summed E-state index contributed by atoms with van der Waals surface area (Å²) in [7, 11) is 0. The van der Waals surface area contributed by atoms with Gasteiger partial charge in [0.05, 0.1) is 5.92 Å². The molecule has 2 heterocycles. The summed E-state index contributed by atoms with van der Waals surface area (Å²) in [5.74, 6) is -0.790. The van der Waals surface area contributed by atoms with Crippen molar-refractivity contribution in [3.8, 4) is 0 Å². The lowest BCUT2D eigenvalue weighted by atomic mass is 10.2. The van der Waals surface area contributed by atoms with E-state index in [4.69, 9.17) is 5.11 Å². The second kappa shape index (κ2) is 3.07. The molecule has 1 saturated carbocycles. The Balaban J connectivity index is 2.05. The number of aryl methyl sites for hydroxylation is 1. The van der Waals surface area contributed by atoms with E-state index in [1.807, 2.05) is 29.7 Å². The fourth-order valence-corrected chi connectivity index (χ4v) is 2.17. The fourth-order valence-electron chi connectivity index (χ4n) is 2.17. The lowest BCUT2D eigenvalue weighted by Crippen LogP contribution is -2.00. The van der Waals surface area contributed by atoms with Gasteiger partial charge in [0.15, 0.2) is 0 Å². The normalized spacial score (nSPS) is 23.6. The number of carboxylic acid groups (broad SMARTS) is 1. The molecule has 0 amide bonds. The molecule has 1 aliphatic rings. The summed E-state index contributed by atoms with van der Waals surface area (Å²) in [6, 6.07) is 3.96. The molecule has 4 nitrogen and oxygen atoms in total. The molecule has 1 N–H and O–H groups in total. The number of rotatable bonds is 2. The molecule has 0 aromatic carbocycles. The molecule has 4 heteroatoms. The minimum atomic E-state index is -0.701. The van der Waals surface area contributed by atoms with Crippen LogP contribution in [0.25, 0.3) is 5.65 Å². The third-order valence-corrected chi connectivity index (χ3v) is 3.17. The topological polar surface area (TPSA) is 54.6 Å². The zero-order valence-corrected chi connectivity index (χ0v) is 8.92. The van der Waals surface area contributed by atoms with Crippen molar-refractivity contribution in [1.29, 1.82) is 0 Å². The van der Waals surface area contributed by atoms with Crippen molar-refractivity contribution in [2.75, 3.05) is 0 Å². The van der Waals surface area contributed by atoms with E-state index >= 15 is 0 Å². The van der Waals surface area contributed by atoms with Crippen molar-refractivity contribution in [1.82, 2.24) is 9.38 Å². The van der Waals surface area contributed by atoms with Gasteiger partial charge in [-0.05, 0) is 25.0 Å². The maximum atomic E-state index is 10.8. The third kappa shape index (κ3) is 1.30. The van der Waals surface area contributed by atoms with E-state index in [0.29, 0.717) is 0 Å². The number of imidazole rings is 1. The summed E-state index contributed by atoms with van der Waals surface area (Å²) >= 11 is 0. The fraction of sp³-hybridized carbons (Fsp3) is 0.333. The number of hydrogen-bond acceptors (Lipinski definition) is 2. The van der Waals surface area contributed by atoms with Crippen LogP contribution in [0.1, 0.15) is 23.6 Å². The number of aromatic nitrogens is 2. The molecule has 2 unspecified atom stereocenters. The number of pyridine rings is 1. The summed E-state index contributed by atoms with van der Waals surface area (Å²) in [6.07, 6.45) is 4.54. The molecule has 2 atom stereocenters. The molecule has 82 valence electrons. The highest BCUT2D eigenvalue weighted by molar-refractivity contribution is 5.75. The Morgan fingerprint density at radius 2 is 2.38 bits per heavy atom. The maximum Gasteiger partial charge on any atom is 0.307 e. The van der Waals surface area contributed by atoms with Gasteiger partial charge >= 0.3 is 5.97 Å². The van der Waals surface area contributed by atoms with Crippen LogP contribution in [-0.2, 0) is 4.79 Å². The Kier molecular flexibility index (Phi) is 1.80. The largest absolute Gasteiger partial charge is 0.481 e. The van der Waals surface area contributed by atoms with E-state index in [1.54, 1.807) is 6.20 Å². The summed E-state index contributed by atoms with van der Waals surface area (Å²) < 4.78 is 2.00. The first-order valence-electron chi connectivity index (χ1n) is 5.33. The monoisotopic (exact) mass is 216 g/mol. The van der Waals surface area contributed by atoms with Crippen LogP contribution in [0.5, 0.6) is 0 Å². The minimum Gasteiger partial charge on any atom is -0.481 e. The van der Waals surface area contributed by atoms with E-state index in [2.05, 4.69) is 4.98 Å². The van der Waals surface area contributed by atoms with Gasteiger partial charge in [-0.3, -0.25) is 4.79 Å². The van der Waals surface area contributed by atoms with E-state index in [9.17, 15) is 4.79 Å². The molecule has 0 radical (unpaired) electrons. The first-order valence-corrected chi connectivity index (χ1v) is 5.33. The summed E-state index contributed by atoms with van der Waals surface area (Å²) in [4.78, 5) is 15.1. The first kappa shape index (κ1) is 9.39. The predicted molar refractivity (Wildman–Crippen MR) is 58.4 cm³/mol. The smallest absolute Gasteiger partial charge is 0.307 e. The molecule has 1 aliphatic carbocycles. The third-order valence-electron chi connectivity index (χ3n) is 3.17. The number of carbonyl (C=O) groups is 1. The zero-order valence-electron chi connectivity index (χ0n) is 8.92. The average Bonchev–Trinajstić information content (AvgIpc) is 2.93. The van der Waals surface area contributed by atoms with Crippen LogP contribution in [-0.4, -0.2) is 20.5 Å². The number of carboxylic acids is 1. The Bertz CT molecular complexity index is 573. The lowest BCUT2D eigenvalue weighted by Gasteiger charge is -2.01. The minimum absolute atomic E-state index is 0.134. The van der Waals surface area contributed by atoms with Gasteiger partial charge in [-0.1, -0.05) is 6.07 Å². The van der Waals surface area contributed by atoms with Crippen molar-refractivity contribution in [2.45, 2.75) is 19.3 Å². The summed E-state index contributed by atoms with van der Waals surface area (Å²) in [5, 5.41) is 8.92. The van der Waals surface area contributed by atoms with Gasteiger partial charge < -0.3 is 9.51 Å². The number of hydrogen-bond donors (Lipinski definition) is 1. The van der Waals surface area contributed by atoms with Crippen molar-refractivity contribution >= 4 is 11.6 Å². The highest BCUT2D eigenvalue weighted by Crippen LogP contribution is 2.47. The van der Waals surface area contributed by atoms with Gasteiger partial charge in [-0.25, -0.2) is 4.98 Å². The first-order chi connectivity index (χ1) is 7.66. The van der Waals surface area contributed by atoms with Crippen molar-refractivity contribution in [3.63, 3.8) is 0 Å². The number of fused-ring (bicyclic) bond motifs is 1. The zero-order chi connectivity index (χ0) is 11.3. The van der Waals surface area contributed by atoms with Crippen LogP contribution < -0.4 is 0 Å². The standard InChI is InChI=1S/C12H12N2O2/c1-7-2-3-11-13-5-10(14(11)6-7)8-4-9(8)12(15)16/h2-3,5-6,8-9H,4H2,1H3,(H,15,16). The Morgan fingerprint density at radius 3 is 3.06 bits per heavy atom. The Labute approximate surface area is 92.5 Å². The molecule has 2 aromatic rings. The summed E-state index contributed by atoms with van der Waals surface area (Å²) in [6.45, 7) is 2.02. The van der Waals surface area contributed by atoms with Crippen LogP contribution >= 0.6 is 0 Å². The van der Waals surface area contributed by atoms with Gasteiger partial charge in [0.1, 0.15) is 5.65 Å². The SMILES string of the molecule is Cc1ccc2ncc(C3CC3C(=O)O)n2c1. The maximum absolute atomic E-state index is 10.8. The second-order valence-corrected chi connectivity index (χ2v) is 4.40. The van der Waals surface area contributed by atoms with E-state index in [0.717, 1.165) is 23.3 Å². The quantitative estimate of drug-likeness (QED) is 0.833. The van der Waals surface area contributed by atoms with Crippen molar-refractivity contribution in [2.24, 2.45) is 5.92 Å². The van der Waals surface area contributed by atoms with Gasteiger partial charge in [-0.15, -0.1) is 0 Å². The predicted octanol–water partition coefficient (Wildman–Crippen LogP) is 1.83. The van der Waals surface area contributed by atoms with Gasteiger partial charge in [-0.2, -0.15) is 0 Å². The number of aliphatic carboxylic acids is 1. The van der Waals surface area contributed by atoms with Crippen LogP contribution in [0.15, 0.2) is 24.5 Å². The lowest BCUT2D eigenvalue weighted by molar-refractivity contribution is -0.138. The van der Waals surface area contributed by atoms with Gasteiger partial charge in [0.25, 0.3) is 0 Å². The molecule has 0 saturated heterocycles. The molecule has 3 rings (SSSR count). The average molecular weight is 216 g/mol. The van der Waals surface area contributed by atoms with Crippen LogP contribution in [0.2, 0.25) is 0 Å². The molecule has 0 aliphatic heterocycles. The molecular formula is C12H12N2O2. The van der Waals surface area contributed by atoms with E-state index in [1.165, 1.54) is 0 Å². The molecule has 0 bridgehead atoms. The van der Waals surface area contributed by atoms with Crippen molar-refractivity contribution < 1.29 is 9.90 Å². The molecular weight excluding hydrogens is 204 g/mol. The highest BCUT2D eigenvalue weighted by Gasteiger charge is 2.45.